The number of rotatable bonds is 4. The highest BCUT2D eigenvalue weighted by Gasteiger charge is 2.18. The van der Waals surface area contributed by atoms with Crippen LogP contribution in [0.5, 0.6) is 0 Å². The standard InChI is InChI=1S/C14H22N2O2S/c1-15-11-13-4-2-5-14(10-13)12-16-6-3-8-19(17,18)9-7-16/h2,4-5,10,15H,3,6-9,11-12H2,1H3. The van der Waals surface area contributed by atoms with Gasteiger partial charge in [-0.05, 0) is 31.1 Å². The van der Waals surface area contributed by atoms with Gasteiger partial charge in [0.2, 0.25) is 0 Å². The second-order valence-corrected chi connectivity index (χ2v) is 7.44. The van der Waals surface area contributed by atoms with Gasteiger partial charge in [0.05, 0.1) is 11.5 Å². The molecule has 0 aliphatic carbocycles. The van der Waals surface area contributed by atoms with Gasteiger partial charge in [0.25, 0.3) is 0 Å². The zero-order valence-electron chi connectivity index (χ0n) is 11.4. The van der Waals surface area contributed by atoms with E-state index >= 15 is 0 Å². The third kappa shape index (κ3) is 4.60. The summed E-state index contributed by atoms with van der Waals surface area (Å²) in [7, 11) is -0.876. The third-order valence-corrected chi connectivity index (χ3v) is 5.14. The molecule has 1 aliphatic heterocycles. The molecule has 0 saturated carbocycles. The summed E-state index contributed by atoms with van der Waals surface area (Å²) in [5, 5.41) is 3.14. The highest BCUT2D eigenvalue weighted by atomic mass is 32.2. The molecule has 2 rings (SSSR count). The minimum atomic E-state index is -2.81. The fourth-order valence-corrected chi connectivity index (χ4v) is 3.76. The molecule has 1 heterocycles. The molecule has 1 fully saturated rings. The normalized spacial score (nSPS) is 20.1. The van der Waals surface area contributed by atoms with Gasteiger partial charge in [0.1, 0.15) is 0 Å². The van der Waals surface area contributed by atoms with Crippen molar-refractivity contribution in [2.45, 2.75) is 19.5 Å². The van der Waals surface area contributed by atoms with Crippen molar-refractivity contribution >= 4 is 9.84 Å². The molecule has 5 heteroatoms. The van der Waals surface area contributed by atoms with Gasteiger partial charge in [0, 0.05) is 19.6 Å². The van der Waals surface area contributed by atoms with E-state index in [9.17, 15) is 8.42 Å². The highest BCUT2D eigenvalue weighted by Crippen LogP contribution is 2.12. The van der Waals surface area contributed by atoms with Crippen LogP contribution in [0.4, 0.5) is 0 Å². The maximum Gasteiger partial charge on any atom is 0.151 e. The molecule has 0 radical (unpaired) electrons. The van der Waals surface area contributed by atoms with Gasteiger partial charge < -0.3 is 5.32 Å². The average Bonchev–Trinajstić information content (AvgIpc) is 2.52. The molecule has 4 nitrogen and oxygen atoms in total. The first-order chi connectivity index (χ1) is 9.09. The first-order valence-corrected chi connectivity index (χ1v) is 8.56. The second kappa shape index (κ2) is 6.50. The predicted octanol–water partition coefficient (Wildman–Crippen LogP) is 1.03. The van der Waals surface area contributed by atoms with Crippen molar-refractivity contribution in [1.29, 1.82) is 0 Å². The van der Waals surface area contributed by atoms with E-state index in [0.717, 1.165) is 26.1 Å². The summed E-state index contributed by atoms with van der Waals surface area (Å²) in [5.41, 5.74) is 2.52. The lowest BCUT2D eigenvalue weighted by Gasteiger charge is -2.19. The first-order valence-electron chi connectivity index (χ1n) is 6.74. The van der Waals surface area contributed by atoms with E-state index in [0.29, 0.717) is 18.1 Å². The smallest absolute Gasteiger partial charge is 0.151 e. The van der Waals surface area contributed by atoms with E-state index in [1.54, 1.807) is 0 Å². The Balaban J connectivity index is 1.98. The van der Waals surface area contributed by atoms with Gasteiger partial charge in [-0.3, -0.25) is 4.90 Å². The molecule has 1 aliphatic rings. The van der Waals surface area contributed by atoms with Crippen LogP contribution in [-0.4, -0.2) is 45.0 Å². The molecule has 0 aromatic heterocycles. The van der Waals surface area contributed by atoms with Crippen molar-refractivity contribution < 1.29 is 8.42 Å². The van der Waals surface area contributed by atoms with Crippen LogP contribution in [0.1, 0.15) is 17.5 Å². The van der Waals surface area contributed by atoms with Gasteiger partial charge in [0.15, 0.2) is 9.84 Å². The van der Waals surface area contributed by atoms with Crippen molar-refractivity contribution in [3.05, 3.63) is 35.4 Å². The molecule has 1 N–H and O–H groups in total. The van der Waals surface area contributed by atoms with Crippen molar-refractivity contribution in [2.75, 3.05) is 31.6 Å². The van der Waals surface area contributed by atoms with E-state index in [1.165, 1.54) is 11.1 Å². The zero-order chi connectivity index (χ0) is 13.7. The molecular weight excluding hydrogens is 260 g/mol. The Morgan fingerprint density at radius 3 is 2.79 bits per heavy atom. The molecule has 19 heavy (non-hydrogen) atoms. The Kier molecular flexibility index (Phi) is 4.96. The van der Waals surface area contributed by atoms with Gasteiger partial charge in [-0.1, -0.05) is 24.3 Å². The van der Waals surface area contributed by atoms with Crippen LogP contribution in [0.2, 0.25) is 0 Å². The van der Waals surface area contributed by atoms with Crippen LogP contribution >= 0.6 is 0 Å². The lowest BCUT2D eigenvalue weighted by Crippen LogP contribution is -2.26. The van der Waals surface area contributed by atoms with Gasteiger partial charge >= 0.3 is 0 Å². The van der Waals surface area contributed by atoms with Crippen LogP contribution in [0.15, 0.2) is 24.3 Å². The maximum atomic E-state index is 11.6. The summed E-state index contributed by atoms with van der Waals surface area (Å²) in [4.78, 5) is 2.24. The van der Waals surface area contributed by atoms with E-state index < -0.39 is 9.84 Å². The van der Waals surface area contributed by atoms with E-state index in [-0.39, 0.29) is 0 Å². The summed E-state index contributed by atoms with van der Waals surface area (Å²) in [6.07, 6.45) is 0.749. The Morgan fingerprint density at radius 1 is 1.21 bits per heavy atom. The molecule has 1 aromatic carbocycles. The van der Waals surface area contributed by atoms with Crippen LogP contribution < -0.4 is 5.32 Å². The van der Waals surface area contributed by atoms with E-state index in [1.807, 2.05) is 7.05 Å². The molecule has 0 unspecified atom stereocenters. The lowest BCUT2D eigenvalue weighted by atomic mass is 10.1. The van der Waals surface area contributed by atoms with Crippen LogP contribution in [0, 0.1) is 0 Å². The first kappa shape index (κ1) is 14.5. The summed E-state index contributed by atoms with van der Waals surface area (Å²) >= 11 is 0. The molecule has 106 valence electrons. The Bertz CT molecular complexity index is 514. The molecular formula is C14H22N2O2S. The van der Waals surface area contributed by atoms with Gasteiger partial charge in [-0.25, -0.2) is 8.42 Å². The molecule has 1 aromatic rings. The Morgan fingerprint density at radius 2 is 2.00 bits per heavy atom. The van der Waals surface area contributed by atoms with Gasteiger partial charge in [-0.2, -0.15) is 0 Å². The number of benzene rings is 1. The van der Waals surface area contributed by atoms with E-state index in [2.05, 4.69) is 34.5 Å². The zero-order valence-corrected chi connectivity index (χ0v) is 12.2. The maximum absolute atomic E-state index is 11.6. The molecule has 0 bridgehead atoms. The number of sulfone groups is 1. The van der Waals surface area contributed by atoms with Crippen LogP contribution in [0.25, 0.3) is 0 Å². The summed E-state index contributed by atoms with van der Waals surface area (Å²) in [6.45, 7) is 3.23. The topological polar surface area (TPSA) is 49.4 Å². The van der Waals surface area contributed by atoms with Crippen molar-refractivity contribution in [3.8, 4) is 0 Å². The summed E-state index contributed by atoms with van der Waals surface area (Å²) in [5.74, 6) is 0.631. The Hall–Kier alpha value is -0.910. The largest absolute Gasteiger partial charge is 0.316 e. The van der Waals surface area contributed by atoms with Crippen LogP contribution in [0.3, 0.4) is 0 Å². The fourth-order valence-electron chi connectivity index (χ4n) is 2.45. The number of hydrogen-bond donors (Lipinski definition) is 1. The minimum absolute atomic E-state index is 0.295. The quantitative estimate of drug-likeness (QED) is 0.896. The average molecular weight is 282 g/mol. The molecule has 0 atom stereocenters. The van der Waals surface area contributed by atoms with Crippen LogP contribution in [-0.2, 0) is 22.9 Å². The summed E-state index contributed by atoms with van der Waals surface area (Å²) in [6, 6.07) is 8.47. The van der Waals surface area contributed by atoms with Crippen molar-refractivity contribution in [1.82, 2.24) is 10.2 Å². The summed E-state index contributed by atoms with van der Waals surface area (Å²) < 4.78 is 23.1. The number of hydrogen-bond acceptors (Lipinski definition) is 4. The minimum Gasteiger partial charge on any atom is -0.316 e. The van der Waals surface area contributed by atoms with Crippen molar-refractivity contribution in [2.24, 2.45) is 0 Å². The SMILES string of the molecule is CNCc1cccc(CN2CCCS(=O)(=O)CC2)c1. The third-order valence-electron chi connectivity index (χ3n) is 3.43. The predicted molar refractivity (Wildman–Crippen MR) is 77.8 cm³/mol. The monoisotopic (exact) mass is 282 g/mol. The molecule has 1 saturated heterocycles. The molecule has 0 amide bonds. The van der Waals surface area contributed by atoms with E-state index in [4.69, 9.17) is 0 Å². The molecule has 0 spiro atoms. The second-order valence-electron chi connectivity index (χ2n) is 5.13. The highest BCUT2D eigenvalue weighted by molar-refractivity contribution is 7.91. The fraction of sp³-hybridized carbons (Fsp3) is 0.571. The number of nitrogens with zero attached hydrogens (tertiary/aromatic N) is 1. The van der Waals surface area contributed by atoms with Gasteiger partial charge in [-0.15, -0.1) is 0 Å². The Labute approximate surface area is 115 Å². The lowest BCUT2D eigenvalue weighted by molar-refractivity contribution is 0.287. The van der Waals surface area contributed by atoms with Crippen molar-refractivity contribution in [3.63, 3.8) is 0 Å². The number of nitrogens with one attached hydrogen (secondary N) is 1.